The zero-order chi connectivity index (χ0) is 16.1. The molecule has 0 aromatic heterocycles. The minimum atomic E-state index is -0.399. The molecule has 0 radical (unpaired) electrons. The number of benzene rings is 1. The third-order valence-electron chi connectivity index (χ3n) is 3.95. The lowest BCUT2D eigenvalue weighted by Crippen LogP contribution is -2.49. The van der Waals surface area contributed by atoms with Gasteiger partial charge in [0.15, 0.2) is 0 Å². The molecule has 22 heavy (non-hydrogen) atoms. The lowest BCUT2D eigenvalue weighted by atomic mass is 10.2. The van der Waals surface area contributed by atoms with Gasteiger partial charge in [-0.3, -0.25) is 4.79 Å². The van der Waals surface area contributed by atoms with Gasteiger partial charge in [0.25, 0.3) is 0 Å². The molecule has 1 aromatic carbocycles. The van der Waals surface area contributed by atoms with Crippen LogP contribution in [-0.4, -0.2) is 47.4 Å². The van der Waals surface area contributed by atoms with Crippen LogP contribution in [0.5, 0.6) is 0 Å². The van der Waals surface area contributed by atoms with E-state index >= 15 is 0 Å². The fourth-order valence-corrected chi connectivity index (χ4v) is 2.83. The van der Waals surface area contributed by atoms with E-state index in [9.17, 15) is 9.59 Å². The number of amides is 3. The molecule has 1 saturated heterocycles. The van der Waals surface area contributed by atoms with Gasteiger partial charge in [0.2, 0.25) is 5.91 Å². The Morgan fingerprint density at radius 3 is 2.50 bits per heavy atom. The van der Waals surface area contributed by atoms with Crippen LogP contribution in [-0.2, 0) is 4.79 Å². The van der Waals surface area contributed by atoms with Crippen molar-refractivity contribution in [2.45, 2.75) is 32.7 Å². The van der Waals surface area contributed by atoms with Crippen LogP contribution < -0.4 is 5.32 Å². The number of anilines is 1. The summed E-state index contributed by atoms with van der Waals surface area (Å²) < 4.78 is 0. The van der Waals surface area contributed by atoms with Gasteiger partial charge in [-0.2, -0.15) is 0 Å². The Kier molecular flexibility index (Phi) is 5.66. The molecule has 0 bridgehead atoms. The van der Waals surface area contributed by atoms with Crippen molar-refractivity contribution < 1.29 is 9.59 Å². The largest absolute Gasteiger partial charge is 0.325 e. The Morgan fingerprint density at radius 2 is 1.91 bits per heavy atom. The van der Waals surface area contributed by atoms with Gasteiger partial charge in [-0.1, -0.05) is 11.6 Å². The molecule has 0 spiro atoms. The first-order chi connectivity index (χ1) is 10.6. The second-order valence-electron chi connectivity index (χ2n) is 5.30. The van der Waals surface area contributed by atoms with Crippen LogP contribution in [0.4, 0.5) is 10.5 Å². The van der Waals surface area contributed by atoms with E-state index in [4.69, 9.17) is 11.6 Å². The molecule has 1 aromatic rings. The first-order valence-electron chi connectivity index (χ1n) is 7.68. The molecular formula is C16H22ClN3O2. The van der Waals surface area contributed by atoms with Crippen LogP contribution in [0, 0.1) is 0 Å². The highest BCUT2D eigenvalue weighted by atomic mass is 35.5. The van der Waals surface area contributed by atoms with Gasteiger partial charge in [0, 0.05) is 30.3 Å². The number of halogens is 1. The summed E-state index contributed by atoms with van der Waals surface area (Å²) in [6, 6.07) is 6.51. The van der Waals surface area contributed by atoms with Crippen LogP contribution in [0.3, 0.4) is 0 Å². The van der Waals surface area contributed by atoms with Gasteiger partial charge >= 0.3 is 6.03 Å². The number of carbonyl (C=O) groups is 2. The number of hydrogen-bond donors (Lipinski definition) is 1. The molecule has 6 heteroatoms. The maximum absolute atomic E-state index is 12.5. The zero-order valence-corrected chi connectivity index (χ0v) is 13.8. The molecule has 0 saturated carbocycles. The SMILES string of the molecule is CCN(CC)C(=O)N1CCC[C@@H]1C(=O)Nc1ccc(Cl)cc1. The number of hydrogen-bond acceptors (Lipinski definition) is 2. The van der Waals surface area contributed by atoms with Crippen LogP contribution in [0.2, 0.25) is 5.02 Å². The van der Waals surface area contributed by atoms with E-state index < -0.39 is 6.04 Å². The van der Waals surface area contributed by atoms with Gasteiger partial charge in [0.05, 0.1) is 0 Å². The van der Waals surface area contributed by atoms with E-state index in [1.54, 1.807) is 34.1 Å². The molecule has 3 amide bonds. The molecule has 1 atom stereocenters. The number of nitrogens with one attached hydrogen (secondary N) is 1. The molecule has 2 rings (SSSR count). The van der Waals surface area contributed by atoms with E-state index in [1.165, 1.54) is 0 Å². The standard InChI is InChI=1S/C16H22ClN3O2/c1-3-19(4-2)16(22)20-11-5-6-14(20)15(21)18-13-9-7-12(17)8-10-13/h7-10,14H,3-6,11H2,1-2H3,(H,18,21)/t14-/m1/s1. The Balaban J connectivity index is 2.04. The zero-order valence-electron chi connectivity index (χ0n) is 13.0. The first kappa shape index (κ1) is 16.6. The van der Waals surface area contributed by atoms with Crippen molar-refractivity contribution in [2.24, 2.45) is 0 Å². The van der Waals surface area contributed by atoms with Crippen molar-refractivity contribution in [1.82, 2.24) is 9.80 Å². The van der Waals surface area contributed by atoms with Crippen molar-refractivity contribution in [3.8, 4) is 0 Å². The van der Waals surface area contributed by atoms with Crippen LogP contribution in [0.1, 0.15) is 26.7 Å². The molecule has 0 unspecified atom stereocenters. The lowest BCUT2D eigenvalue weighted by Gasteiger charge is -2.30. The lowest BCUT2D eigenvalue weighted by molar-refractivity contribution is -0.119. The van der Waals surface area contributed by atoms with E-state index in [1.807, 2.05) is 13.8 Å². The quantitative estimate of drug-likeness (QED) is 0.925. The minimum Gasteiger partial charge on any atom is -0.325 e. The normalized spacial score (nSPS) is 17.4. The topological polar surface area (TPSA) is 52.7 Å². The molecule has 0 aliphatic carbocycles. The van der Waals surface area contributed by atoms with Crippen molar-refractivity contribution in [3.05, 3.63) is 29.3 Å². The van der Waals surface area contributed by atoms with E-state index in [-0.39, 0.29) is 11.9 Å². The summed E-state index contributed by atoms with van der Waals surface area (Å²) in [4.78, 5) is 28.4. The molecule has 120 valence electrons. The van der Waals surface area contributed by atoms with Crippen molar-refractivity contribution in [1.29, 1.82) is 0 Å². The van der Waals surface area contributed by atoms with Gasteiger partial charge < -0.3 is 15.1 Å². The molecule has 1 fully saturated rings. The molecule has 1 N–H and O–H groups in total. The summed E-state index contributed by atoms with van der Waals surface area (Å²) in [6.07, 6.45) is 1.55. The summed E-state index contributed by atoms with van der Waals surface area (Å²) in [5.41, 5.74) is 0.691. The Labute approximate surface area is 136 Å². The number of rotatable bonds is 4. The van der Waals surface area contributed by atoms with Crippen LogP contribution in [0.25, 0.3) is 0 Å². The van der Waals surface area contributed by atoms with E-state index in [0.29, 0.717) is 36.8 Å². The molecule has 1 aliphatic rings. The van der Waals surface area contributed by atoms with Crippen molar-refractivity contribution in [2.75, 3.05) is 25.0 Å². The maximum atomic E-state index is 12.5. The summed E-state index contributed by atoms with van der Waals surface area (Å²) in [5.74, 6) is -0.139. The van der Waals surface area contributed by atoms with Crippen molar-refractivity contribution in [3.63, 3.8) is 0 Å². The molecular weight excluding hydrogens is 302 g/mol. The Morgan fingerprint density at radius 1 is 1.27 bits per heavy atom. The number of nitrogens with zero attached hydrogens (tertiary/aromatic N) is 2. The predicted molar refractivity (Wildman–Crippen MR) is 88.1 cm³/mol. The van der Waals surface area contributed by atoms with Gasteiger partial charge in [-0.05, 0) is 51.0 Å². The fraction of sp³-hybridized carbons (Fsp3) is 0.500. The van der Waals surface area contributed by atoms with Gasteiger partial charge in [-0.25, -0.2) is 4.79 Å². The average molecular weight is 324 g/mol. The number of likely N-dealkylation sites (tertiary alicyclic amines) is 1. The molecule has 1 aliphatic heterocycles. The Bertz CT molecular complexity index is 529. The summed E-state index contributed by atoms with van der Waals surface area (Å²) in [6.45, 7) is 5.82. The second-order valence-corrected chi connectivity index (χ2v) is 5.74. The van der Waals surface area contributed by atoms with E-state index in [2.05, 4.69) is 5.32 Å². The molecule has 1 heterocycles. The fourth-order valence-electron chi connectivity index (χ4n) is 2.70. The second kappa shape index (κ2) is 7.49. The predicted octanol–water partition coefficient (Wildman–Crippen LogP) is 3.20. The maximum Gasteiger partial charge on any atom is 0.320 e. The van der Waals surface area contributed by atoms with Gasteiger partial charge in [0.1, 0.15) is 6.04 Å². The third-order valence-corrected chi connectivity index (χ3v) is 4.20. The highest BCUT2D eigenvalue weighted by molar-refractivity contribution is 6.30. The summed E-state index contributed by atoms with van der Waals surface area (Å²) >= 11 is 5.84. The minimum absolute atomic E-state index is 0.0567. The van der Waals surface area contributed by atoms with Crippen LogP contribution in [0.15, 0.2) is 24.3 Å². The first-order valence-corrected chi connectivity index (χ1v) is 8.06. The smallest absolute Gasteiger partial charge is 0.320 e. The average Bonchev–Trinajstić information content (AvgIpc) is 3.00. The van der Waals surface area contributed by atoms with Crippen molar-refractivity contribution >= 4 is 29.2 Å². The highest BCUT2D eigenvalue weighted by Gasteiger charge is 2.35. The monoisotopic (exact) mass is 323 g/mol. The molecule has 5 nitrogen and oxygen atoms in total. The third kappa shape index (κ3) is 3.71. The number of carbonyl (C=O) groups excluding carboxylic acids is 2. The Hall–Kier alpha value is -1.75. The van der Waals surface area contributed by atoms with E-state index in [0.717, 1.165) is 6.42 Å². The summed E-state index contributed by atoms with van der Waals surface area (Å²) in [5, 5.41) is 3.48. The summed E-state index contributed by atoms with van der Waals surface area (Å²) in [7, 11) is 0. The number of urea groups is 1. The van der Waals surface area contributed by atoms with Gasteiger partial charge in [-0.15, -0.1) is 0 Å². The van der Waals surface area contributed by atoms with Crippen LogP contribution >= 0.6 is 11.6 Å². The highest BCUT2D eigenvalue weighted by Crippen LogP contribution is 2.21.